The van der Waals surface area contributed by atoms with Gasteiger partial charge >= 0.3 is 0 Å². The van der Waals surface area contributed by atoms with E-state index < -0.39 is 0 Å². The Morgan fingerprint density at radius 1 is 1.09 bits per heavy atom. The van der Waals surface area contributed by atoms with Crippen molar-refractivity contribution >= 4 is 11.6 Å². The van der Waals surface area contributed by atoms with E-state index in [1.54, 1.807) is 18.2 Å². The highest BCUT2D eigenvalue weighted by Crippen LogP contribution is 2.31. The molecule has 0 saturated carbocycles. The number of aromatic nitrogens is 1. The van der Waals surface area contributed by atoms with Gasteiger partial charge < -0.3 is 28.8 Å². The summed E-state index contributed by atoms with van der Waals surface area (Å²) in [5.41, 5.74) is 2.70. The zero-order chi connectivity index (χ0) is 23.9. The molecule has 2 heterocycles. The quantitative estimate of drug-likeness (QED) is 0.470. The number of hydrogen-bond donors (Lipinski definition) is 1. The summed E-state index contributed by atoms with van der Waals surface area (Å²) >= 11 is 0. The zero-order valence-electron chi connectivity index (χ0n) is 19.8. The second-order valence-electron chi connectivity index (χ2n) is 8.21. The number of benzene rings is 2. The highest BCUT2D eigenvalue weighted by Gasteiger charge is 2.17. The minimum absolute atomic E-state index is 0.0831. The van der Waals surface area contributed by atoms with Gasteiger partial charge in [0.25, 0.3) is 5.91 Å². The number of carbonyl (C=O) groups is 1. The molecule has 1 saturated heterocycles. The van der Waals surface area contributed by atoms with E-state index in [9.17, 15) is 4.79 Å². The summed E-state index contributed by atoms with van der Waals surface area (Å²) < 4.78 is 28.3. The molecule has 4 rings (SSSR count). The number of hydrogen-bond acceptors (Lipinski definition) is 7. The van der Waals surface area contributed by atoms with Crippen molar-refractivity contribution in [1.29, 1.82) is 0 Å². The van der Waals surface area contributed by atoms with Crippen LogP contribution >= 0.6 is 0 Å². The van der Waals surface area contributed by atoms with Crippen molar-refractivity contribution < 1.29 is 28.3 Å². The third-order valence-electron chi connectivity index (χ3n) is 5.81. The standard InChI is InChI=1S/C26H30N2O6/c1-17-21(18(2)34-28-17)16-33-24-12-11-19(14-25(24)30-3)26(29)27-22-9-4-5-10-23(22)32-15-20-8-6-7-13-31-20/h4-5,9-12,14,20H,6-8,13,15-16H2,1-3H3,(H,27,29). The molecule has 8 heteroatoms. The first-order chi connectivity index (χ1) is 16.5. The lowest BCUT2D eigenvalue weighted by molar-refractivity contribution is -0.0109. The number of ether oxygens (including phenoxy) is 4. The van der Waals surface area contributed by atoms with Gasteiger partial charge in [0.1, 0.15) is 24.7 Å². The average molecular weight is 467 g/mol. The molecule has 1 amide bonds. The lowest BCUT2D eigenvalue weighted by Gasteiger charge is -2.23. The molecule has 0 aliphatic carbocycles. The third-order valence-corrected chi connectivity index (χ3v) is 5.81. The van der Waals surface area contributed by atoms with Gasteiger partial charge in [0.15, 0.2) is 11.5 Å². The summed E-state index contributed by atoms with van der Waals surface area (Å²) in [4.78, 5) is 13.0. The molecule has 1 N–H and O–H groups in total. The first-order valence-corrected chi connectivity index (χ1v) is 11.4. The van der Waals surface area contributed by atoms with Crippen molar-refractivity contribution in [2.24, 2.45) is 0 Å². The van der Waals surface area contributed by atoms with Crippen molar-refractivity contribution in [3.8, 4) is 17.2 Å². The van der Waals surface area contributed by atoms with Gasteiger partial charge in [-0.25, -0.2) is 0 Å². The van der Waals surface area contributed by atoms with E-state index in [2.05, 4.69) is 10.5 Å². The van der Waals surface area contributed by atoms with Gasteiger partial charge in [0, 0.05) is 12.2 Å². The summed E-state index contributed by atoms with van der Waals surface area (Å²) in [6.07, 6.45) is 3.31. The Hall–Kier alpha value is -3.52. The molecule has 0 spiro atoms. The van der Waals surface area contributed by atoms with Crippen LogP contribution in [0.1, 0.15) is 46.6 Å². The van der Waals surface area contributed by atoms with E-state index >= 15 is 0 Å². The Labute approximate surface area is 199 Å². The van der Waals surface area contributed by atoms with Gasteiger partial charge in [0.2, 0.25) is 0 Å². The number of nitrogens with zero attached hydrogens (tertiary/aromatic N) is 1. The fraction of sp³-hybridized carbons (Fsp3) is 0.385. The molecule has 0 radical (unpaired) electrons. The lowest BCUT2D eigenvalue weighted by Crippen LogP contribution is -2.26. The van der Waals surface area contributed by atoms with Crippen molar-refractivity contribution in [2.45, 2.75) is 45.8 Å². The molecule has 1 atom stereocenters. The minimum Gasteiger partial charge on any atom is -0.493 e. The van der Waals surface area contributed by atoms with Gasteiger partial charge in [0.05, 0.1) is 30.2 Å². The van der Waals surface area contributed by atoms with E-state index in [0.717, 1.165) is 37.1 Å². The van der Waals surface area contributed by atoms with Crippen LogP contribution in [0.2, 0.25) is 0 Å². The van der Waals surface area contributed by atoms with Gasteiger partial charge in [-0.05, 0) is 63.4 Å². The molecule has 3 aromatic rings. The summed E-state index contributed by atoms with van der Waals surface area (Å²) in [5, 5.41) is 6.87. The van der Waals surface area contributed by atoms with E-state index in [4.69, 9.17) is 23.5 Å². The predicted molar refractivity (Wildman–Crippen MR) is 127 cm³/mol. The first kappa shape index (κ1) is 23.6. The number of amides is 1. The van der Waals surface area contributed by atoms with Crippen LogP contribution in [0.25, 0.3) is 0 Å². The normalized spacial score (nSPS) is 15.6. The highest BCUT2D eigenvalue weighted by molar-refractivity contribution is 6.05. The topological polar surface area (TPSA) is 92.1 Å². The number of methoxy groups -OCH3 is 1. The Morgan fingerprint density at radius 3 is 2.68 bits per heavy atom. The van der Waals surface area contributed by atoms with Gasteiger partial charge in [-0.15, -0.1) is 0 Å². The maximum Gasteiger partial charge on any atom is 0.255 e. The number of carbonyl (C=O) groups excluding carboxylic acids is 1. The molecule has 1 aliphatic heterocycles. The Bertz CT molecular complexity index is 1100. The summed E-state index contributed by atoms with van der Waals surface area (Å²) in [6, 6.07) is 12.4. The van der Waals surface area contributed by atoms with E-state index in [1.165, 1.54) is 7.11 Å². The maximum atomic E-state index is 13.0. The molecule has 1 fully saturated rings. The number of rotatable bonds is 9. The zero-order valence-corrected chi connectivity index (χ0v) is 19.8. The van der Waals surface area contributed by atoms with Gasteiger partial charge in [-0.1, -0.05) is 17.3 Å². The van der Waals surface area contributed by atoms with Crippen molar-refractivity contribution in [3.05, 3.63) is 65.0 Å². The van der Waals surface area contributed by atoms with Crippen LogP contribution < -0.4 is 19.5 Å². The molecule has 2 aromatic carbocycles. The second kappa shape index (κ2) is 11.1. The fourth-order valence-electron chi connectivity index (χ4n) is 3.80. The van der Waals surface area contributed by atoms with Crippen molar-refractivity contribution in [3.63, 3.8) is 0 Å². The van der Waals surface area contributed by atoms with E-state index in [-0.39, 0.29) is 12.0 Å². The van der Waals surface area contributed by atoms with E-state index in [0.29, 0.717) is 47.5 Å². The fourth-order valence-corrected chi connectivity index (χ4v) is 3.80. The minimum atomic E-state index is -0.277. The van der Waals surface area contributed by atoms with Crippen LogP contribution in [0.15, 0.2) is 47.0 Å². The van der Waals surface area contributed by atoms with Crippen molar-refractivity contribution in [1.82, 2.24) is 5.16 Å². The molecule has 1 aromatic heterocycles. The summed E-state index contributed by atoms with van der Waals surface area (Å²) in [6.45, 7) is 5.22. The molecular formula is C26H30N2O6. The average Bonchev–Trinajstić information content (AvgIpc) is 3.19. The van der Waals surface area contributed by atoms with Crippen LogP contribution in [0.4, 0.5) is 5.69 Å². The Balaban J connectivity index is 1.42. The number of nitrogens with one attached hydrogen (secondary N) is 1. The number of aryl methyl sites for hydroxylation is 2. The maximum absolute atomic E-state index is 13.0. The Kier molecular flexibility index (Phi) is 7.69. The van der Waals surface area contributed by atoms with Crippen LogP contribution in [-0.4, -0.2) is 37.5 Å². The Morgan fingerprint density at radius 2 is 1.94 bits per heavy atom. The summed E-state index contributed by atoms with van der Waals surface area (Å²) in [5.74, 6) is 2.02. The smallest absolute Gasteiger partial charge is 0.255 e. The molecule has 8 nitrogen and oxygen atoms in total. The molecule has 1 aliphatic rings. The SMILES string of the molecule is COc1cc(C(=O)Nc2ccccc2OCC2CCCCO2)ccc1OCc1c(C)noc1C. The molecular weight excluding hydrogens is 436 g/mol. The molecule has 0 bridgehead atoms. The predicted octanol–water partition coefficient (Wildman–Crippen LogP) is 5.08. The molecule has 180 valence electrons. The monoisotopic (exact) mass is 466 g/mol. The molecule has 34 heavy (non-hydrogen) atoms. The third kappa shape index (κ3) is 5.69. The van der Waals surface area contributed by atoms with E-state index in [1.807, 2.05) is 38.1 Å². The van der Waals surface area contributed by atoms with Crippen LogP contribution in [-0.2, 0) is 11.3 Å². The van der Waals surface area contributed by atoms with Crippen LogP contribution in [0.5, 0.6) is 17.2 Å². The highest BCUT2D eigenvalue weighted by atomic mass is 16.5. The number of para-hydroxylation sites is 2. The van der Waals surface area contributed by atoms with Gasteiger partial charge in [-0.3, -0.25) is 4.79 Å². The van der Waals surface area contributed by atoms with Crippen LogP contribution in [0, 0.1) is 13.8 Å². The number of anilines is 1. The lowest BCUT2D eigenvalue weighted by atomic mass is 10.1. The summed E-state index contributed by atoms with van der Waals surface area (Å²) in [7, 11) is 1.54. The van der Waals surface area contributed by atoms with Gasteiger partial charge in [-0.2, -0.15) is 0 Å². The van der Waals surface area contributed by atoms with Crippen molar-refractivity contribution in [2.75, 3.05) is 25.6 Å². The largest absolute Gasteiger partial charge is 0.493 e. The van der Waals surface area contributed by atoms with Crippen LogP contribution in [0.3, 0.4) is 0 Å². The first-order valence-electron chi connectivity index (χ1n) is 11.4. The molecule has 1 unspecified atom stereocenters. The second-order valence-corrected chi connectivity index (χ2v) is 8.21.